The fourth-order valence-corrected chi connectivity index (χ4v) is 5.95. The first-order valence-corrected chi connectivity index (χ1v) is 15.0. The molecule has 0 saturated carbocycles. The zero-order valence-corrected chi connectivity index (χ0v) is 24.9. The van der Waals surface area contributed by atoms with E-state index in [-0.39, 0.29) is 0 Å². The summed E-state index contributed by atoms with van der Waals surface area (Å²) in [5, 5.41) is 21.2. The van der Waals surface area contributed by atoms with Gasteiger partial charge in [-0.2, -0.15) is 10.5 Å². The molecule has 0 aliphatic rings. The smallest absolute Gasteiger partial charge is 0.166 e. The predicted octanol–water partition coefficient (Wildman–Crippen LogP) is 8.78. The molecule has 0 radical (unpaired) electrons. The lowest BCUT2D eigenvalue weighted by Gasteiger charge is -2.16. The van der Waals surface area contributed by atoms with Crippen molar-refractivity contribution >= 4 is 21.8 Å². The third kappa shape index (κ3) is 4.95. The van der Waals surface area contributed by atoms with Crippen LogP contribution in [0.15, 0.2) is 140 Å². The van der Waals surface area contributed by atoms with Crippen LogP contribution in [0.3, 0.4) is 0 Å². The molecule has 7 heteroatoms. The van der Waals surface area contributed by atoms with Crippen LogP contribution in [0.2, 0.25) is 0 Å². The molecule has 0 aliphatic carbocycles. The van der Waals surface area contributed by atoms with Gasteiger partial charge in [0, 0.05) is 39.2 Å². The van der Waals surface area contributed by atoms with Crippen molar-refractivity contribution in [3.05, 3.63) is 151 Å². The molecule has 8 rings (SSSR count). The molecule has 0 fully saturated rings. The topological polar surface area (TPSA) is 104 Å². The highest BCUT2D eigenvalue weighted by molar-refractivity contribution is 6.10. The lowest BCUT2D eigenvalue weighted by atomic mass is 10.0. The maximum absolute atomic E-state index is 9.75. The highest BCUT2D eigenvalue weighted by Crippen LogP contribution is 2.38. The van der Waals surface area contributed by atoms with E-state index in [1.807, 2.05) is 127 Å². The van der Waals surface area contributed by atoms with Crippen LogP contribution in [0.4, 0.5) is 0 Å². The number of nitrogens with zero attached hydrogens (tertiary/aromatic N) is 7. The summed E-state index contributed by atoms with van der Waals surface area (Å²) in [6, 6.07) is 47.6. The number of hydrogen-bond acceptors (Lipinski definition) is 6. The Morgan fingerprint density at radius 2 is 1.04 bits per heavy atom. The average Bonchev–Trinajstić information content (AvgIpc) is 3.48. The Bertz CT molecular complexity index is 2400. The molecule has 8 aromatic rings. The quantitative estimate of drug-likeness (QED) is 0.195. The van der Waals surface area contributed by atoms with Gasteiger partial charge in [0.25, 0.3) is 0 Å². The zero-order valence-electron chi connectivity index (χ0n) is 24.9. The van der Waals surface area contributed by atoms with Gasteiger partial charge in [-0.15, -0.1) is 0 Å². The molecule has 3 heterocycles. The van der Waals surface area contributed by atoms with E-state index in [1.165, 1.54) is 0 Å². The zero-order chi connectivity index (χ0) is 31.7. The monoisotopic (exact) mass is 601 g/mol. The van der Waals surface area contributed by atoms with Gasteiger partial charge in [-0.1, -0.05) is 72.8 Å². The summed E-state index contributed by atoms with van der Waals surface area (Å²) in [4.78, 5) is 19.6. The lowest BCUT2D eigenvalue weighted by molar-refractivity contribution is 1.06. The van der Waals surface area contributed by atoms with Crippen LogP contribution in [0.1, 0.15) is 11.1 Å². The van der Waals surface area contributed by atoms with Crippen molar-refractivity contribution in [1.82, 2.24) is 24.5 Å². The fourth-order valence-electron chi connectivity index (χ4n) is 5.95. The van der Waals surface area contributed by atoms with Gasteiger partial charge in [-0.25, -0.2) is 15.0 Å². The second-order valence-corrected chi connectivity index (χ2v) is 11.0. The SMILES string of the molecule is N#Cc1ccc2c(c1)c1cc(C#N)ccc1n2-c1cc(-c2ccccn2)ccc1-c1nc(-c2ccccc2)nc(-c2ccccc2)n1. The minimum Gasteiger partial charge on any atom is -0.308 e. The van der Waals surface area contributed by atoms with Gasteiger partial charge >= 0.3 is 0 Å². The van der Waals surface area contributed by atoms with Crippen molar-refractivity contribution in [1.29, 1.82) is 10.5 Å². The number of benzene rings is 5. The molecule has 0 unspecified atom stereocenters. The van der Waals surface area contributed by atoms with Crippen LogP contribution in [0.25, 0.3) is 72.9 Å². The number of aromatic nitrogens is 5. The summed E-state index contributed by atoms with van der Waals surface area (Å²) in [7, 11) is 0. The number of fused-ring (bicyclic) bond motifs is 3. The lowest BCUT2D eigenvalue weighted by Crippen LogP contribution is -2.04. The molecule has 3 aromatic heterocycles. The highest BCUT2D eigenvalue weighted by atomic mass is 15.1. The number of rotatable bonds is 5. The van der Waals surface area contributed by atoms with Crippen LogP contribution in [-0.4, -0.2) is 24.5 Å². The van der Waals surface area contributed by atoms with Crippen LogP contribution >= 0.6 is 0 Å². The van der Waals surface area contributed by atoms with Gasteiger partial charge in [0.2, 0.25) is 0 Å². The molecule has 0 atom stereocenters. The van der Waals surface area contributed by atoms with E-state index in [2.05, 4.69) is 27.8 Å². The molecule has 5 aromatic carbocycles. The molecule has 0 amide bonds. The third-order valence-corrected chi connectivity index (χ3v) is 8.16. The van der Waals surface area contributed by atoms with E-state index in [0.29, 0.717) is 28.6 Å². The maximum Gasteiger partial charge on any atom is 0.166 e. The summed E-state index contributed by atoms with van der Waals surface area (Å²) >= 11 is 0. The summed E-state index contributed by atoms with van der Waals surface area (Å²) in [6.45, 7) is 0. The molecule has 218 valence electrons. The summed E-state index contributed by atoms with van der Waals surface area (Å²) in [5.41, 5.74) is 7.96. The molecule has 0 bridgehead atoms. The fraction of sp³-hybridized carbons (Fsp3) is 0. The Kier molecular flexibility index (Phi) is 6.76. The van der Waals surface area contributed by atoms with Crippen LogP contribution in [-0.2, 0) is 0 Å². The second kappa shape index (κ2) is 11.5. The van der Waals surface area contributed by atoms with E-state index >= 15 is 0 Å². The van der Waals surface area contributed by atoms with Gasteiger partial charge in [-0.05, 0) is 60.7 Å². The summed E-state index contributed by atoms with van der Waals surface area (Å²) in [5.74, 6) is 1.64. The van der Waals surface area contributed by atoms with E-state index in [1.54, 1.807) is 6.20 Å². The van der Waals surface area contributed by atoms with E-state index in [9.17, 15) is 10.5 Å². The number of hydrogen-bond donors (Lipinski definition) is 0. The van der Waals surface area contributed by atoms with Crippen molar-refractivity contribution in [2.24, 2.45) is 0 Å². The molecule has 0 N–H and O–H groups in total. The first-order valence-electron chi connectivity index (χ1n) is 15.0. The minimum absolute atomic E-state index is 0.512. The van der Waals surface area contributed by atoms with E-state index in [4.69, 9.17) is 15.0 Å². The number of pyridine rings is 1. The van der Waals surface area contributed by atoms with Crippen LogP contribution in [0, 0.1) is 22.7 Å². The van der Waals surface area contributed by atoms with Crippen LogP contribution < -0.4 is 0 Å². The van der Waals surface area contributed by atoms with Crippen molar-refractivity contribution in [2.45, 2.75) is 0 Å². The Hall–Kier alpha value is -6.96. The van der Waals surface area contributed by atoms with Gasteiger partial charge in [0.1, 0.15) is 0 Å². The molecule has 0 spiro atoms. The third-order valence-electron chi connectivity index (χ3n) is 8.16. The Morgan fingerprint density at radius 1 is 0.489 bits per heavy atom. The molecule has 0 aliphatic heterocycles. The van der Waals surface area contributed by atoms with Gasteiger partial charge < -0.3 is 4.57 Å². The Labute approximate surface area is 270 Å². The first-order chi connectivity index (χ1) is 23.2. The second-order valence-electron chi connectivity index (χ2n) is 11.0. The molecular weight excluding hydrogens is 578 g/mol. The highest BCUT2D eigenvalue weighted by Gasteiger charge is 2.21. The molecule has 47 heavy (non-hydrogen) atoms. The average molecular weight is 602 g/mol. The summed E-state index contributed by atoms with van der Waals surface area (Å²) < 4.78 is 2.16. The van der Waals surface area contributed by atoms with Crippen molar-refractivity contribution in [3.8, 4) is 63.2 Å². The van der Waals surface area contributed by atoms with Crippen molar-refractivity contribution in [3.63, 3.8) is 0 Å². The van der Waals surface area contributed by atoms with Crippen molar-refractivity contribution in [2.75, 3.05) is 0 Å². The maximum atomic E-state index is 9.75. The van der Waals surface area contributed by atoms with Gasteiger partial charge in [-0.3, -0.25) is 4.98 Å². The molecule has 7 nitrogen and oxygen atoms in total. The first kappa shape index (κ1) is 27.6. The predicted molar refractivity (Wildman–Crippen MR) is 183 cm³/mol. The van der Waals surface area contributed by atoms with Crippen LogP contribution in [0.5, 0.6) is 0 Å². The van der Waals surface area contributed by atoms with Crippen molar-refractivity contribution < 1.29 is 0 Å². The number of nitriles is 2. The molecular formula is C40H23N7. The normalized spacial score (nSPS) is 10.9. The molecule has 0 saturated heterocycles. The standard InChI is InChI=1S/C40H23N7/c41-24-26-14-18-35-32(21-26)33-22-27(25-42)15-19-36(33)47(35)37-23-30(34-13-7-8-20-43-34)16-17-31(37)40-45-38(28-9-3-1-4-10-28)44-39(46-40)29-11-5-2-6-12-29/h1-23H. The Morgan fingerprint density at radius 3 is 1.57 bits per heavy atom. The van der Waals surface area contributed by atoms with E-state index in [0.717, 1.165) is 55.4 Å². The minimum atomic E-state index is 0.512. The summed E-state index contributed by atoms with van der Waals surface area (Å²) in [6.07, 6.45) is 1.78. The van der Waals surface area contributed by atoms with Gasteiger partial charge in [0.15, 0.2) is 17.5 Å². The van der Waals surface area contributed by atoms with E-state index < -0.39 is 0 Å². The largest absolute Gasteiger partial charge is 0.308 e. The Balaban J connectivity index is 1.47. The van der Waals surface area contributed by atoms with Gasteiger partial charge in [0.05, 0.1) is 45.7 Å².